The second kappa shape index (κ2) is 5.97. The molecule has 1 aliphatic rings. The molecule has 0 bridgehead atoms. The third-order valence-corrected chi connectivity index (χ3v) is 4.78. The van der Waals surface area contributed by atoms with Crippen LogP contribution in [0.4, 0.5) is 11.4 Å². The van der Waals surface area contributed by atoms with Crippen molar-refractivity contribution in [2.24, 2.45) is 0 Å². The van der Waals surface area contributed by atoms with Crippen LogP contribution < -0.4 is 4.90 Å². The summed E-state index contributed by atoms with van der Waals surface area (Å²) in [5.41, 5.74) is 3.47. The van der Waals surface area contributed by atoms with Gasteiger partial charge in [-0.15, -0.1) is 0 Å². The van der Waals surface area contributed by atoms with Crippen LogP contribution in [-0.2, 0) is 4.79 Å². The fraction of sp³-hybridized carbons (Fsp3) is 0.0500. The van der Waals surface area contributed by atoms with Gasteiger partial charge < -0.3 is 0 Å². The van der Waals surface area contributed by atoms with E-state index in [1.165, 1.54) is 0 Å². The van der Waals surface area contributed by atoms with Gasteiger partial charge in [0.25, 0.3) is 0 Å². The molecule has 24 heavy (non-hydrogen) atoms. The summed E-state index contributed by atoms with van der Waals surface area (Å²) in [7, 11) is 0. The van der Waals surface area contributed by atoms with E-state index < -0.39 is 0 Å². The molecule has 0 saturated heterocycles. The molecule has 0 saturated carbocycles. The quantitative estimate of drug-likeness (QED) is 0.569. The highest BCUT2D eigenvalue weighted by atomic mass is 35.5. The summed E-state index contributed by atoms with van der Waals surface area (Å²) in [6.07, 6.45) is 0. The van der Waals surface area contributed by atoms with Gasteiger partial charge in [0.1, 0.15) is 0 Å². The van der Waals surface area contributed by atoms with E-state index in [2.05, 4.69) is 0 Å². The lowest BCUT2D eigenvalue weighted by atomic mass is 9.93. The standard InChI is InChI=1S/C20H13Cl2NO/c21-14-10-11-18(16(22)12-14)23-17-9-5-4-8-15(17)19(20(23)24)13-6-2-1-3-7-13/h1-12,19H. The van der Waals surface area contributed by atoms with Crippen molar-refractivity contribution in [3.63, 3.8) is 0 Å². The molecule has 0 N–H and O–H groups in total. The number of fused-ring (bicyclic) bond motifs is 1. The second-order valence-electron chi connectivity index (χ2n) is 5.67. The molecule has 1 unspecified atom stereocenters. The van der Waals surface area contributed by atoms with Gasteiger partial charge in [0.15, 0.2) is 0 Å². The number of rotatable bonds is 2. The van der Waals surface area contributed by atoms with Crippen LogP contribution in [0.25, 0.3) is 0 Å². The molecule has 1 amide bonds. The normalized spacial score (nSPS) is 16.3. The Kier molecular flexibility index (Phi) is 3.79. The number of halogens is 2. The Bertz CT molecular complexity index is 924. The number of carbonyl (C=O) groups excluding carboxylic acids is 1. The van der Waals surface area contributed by atoms with E-state index in [9.17, 15) is 4.79 Å². The van der Waals surface area contributed by atoms with E-state index >= 15 is 0 Å². The van der Waals surface area contributed by atoms with Crippen molar-refractivity contribution in [3.05, 3.63) is 94.0 Å². The van der Waals surface area contributed by atoms with Crippen molar-refractivity contribution in [1.29, 1.82) is 0 Å². The van der Waals surface area contributed by atoms with E-state index in [-0.39, 0.29) is 11.8 Å². The van der Waals surface area contributed by atoms with Gasteiger partial charge in [-0.25, -0.2) is 0 Å². The molecule has 0 spiro atoms. The third-order valence-electron chi connectivity index (χ3n) is 4.24. The minimum atomic E-state index is -0.325. The molecular weight excluding hydrogens is 341 g/mol. The maximum atomic E-state index is 13.2. The van der Waals surface area contributed by atoms with Crippen LogP contribution >= 0.6 is 23.2 Å². The van der Waals surface area contributed by atoms with Crippen LogP contribution in [-0.4, -0.2) is 5.91 Å². The van der Waals surface area contributed by atoms with Crippen molar-refractivity contribution in [1.82, 2.24) is 0 Å². The highest BCUT2D eigenvalue weighted by Gasteiger charge is 2.39. The number of para-hydroxylation sites is 1. The topological polar surface area (TPSA) is 20.3 Å². The van der Waals surface area contributed by atoms with Crippen LogP contribution in [0.5, 0.6) is 0 Å². The van der Waals surface area contributed by atoms with Crippen LogP contribution in [0, 0.1) is 0 Å². The molecular formula is C20H13Cl2NO. The van der Waals surface area contributed by atoms with Crippen molar-refractivity contribution < 1.29 is 4.79 Å². The average molecular weight is 354 g/mol. The highest BCUT2D eigenvalue weighted by Crippen LogP contribution is 2.46. The first kappa shape index (κ1) is 15.3. The predicted octanol–water partition coefficient (Wildman–Crippen LogP) is 5.80. The van der Waals surface area contributed by atoms with Crippen LogP contribution in [0.3, 0.4) is 0 Å². The number of anilines is 2. The first-order valence-electron chi connectivity index (χ1n) is 7.60. The van der Waals surface area contributed by atoms with Crippen LogP contribution in [0.1, 0.15) is 17.0 Å². The number of nitrogens with zero attached hydrogens (tertiary/aromatic N) is 1. The molecule has 0 radical (unpaired) electrons. The molecule has 2 nitrogen and oxygen atoms in total. The maximum absolute atomic E-state index is 13.2. The van der Waals surface area contributed by atoms with Gasteiger partial charge in [-0.05, 0) is 35.4 Å². The monoisotopic (exact) mass is 353 g/mol. The molecule has 1 heterocycles. The smallest absolute Gasteiger partial charge is 0.243 e. The zero-order chi connectivity index (χ0) is 16.7. The third kappa shape index (κ3) is 2.39. The fourth-order valence-electron chi connectivity index (χ4n) is 3.19. The lowest BCUT2D eigenvalue weighted by Gasteiger charge is -2.20. The molecule has 0 aliphatic carbocycles. The number of carbonyl (C=O) groups is 1. The molecule has 0 fully saturated rings. The van der Waals surface area contributed by atoms with Gasteiger partial charge in [-0.1, -0.05) is 71.7 Å². The second-order valence-corrected chi connectivity index (χ2v) is 6.52. The highest BCUT2D eigenvalue weighted by molar-refractivity contribution is 6.37. The first-order chi connectivity index (χ1) is 11.7. The fourth-order valence-corrected chi connectivity index (χ4v) is 3.69. The Balaban J connectivity index is 1.90. The molecule has 118 valence electrons. The van der Waals surface area contributed by atoms with Gasteiger partial charge in [0.05, 0.1) is 22.3 Å². The summed E-state index contributed by atoms with van der Waals surface area (Å²) in [5.74, 6) is -0.333. The number of benzene rings is 3. The van der Waals surface area contributed by atoms with Crippen LogP contribution in [0.2, 0.25) is 10.0 Å². The molecule has 1 aliphatic heterocycles. The number of hydrogen-bond donors (Lipinski definition) is 0. The van der Waals surface area contributed by atoms with E-state index in [0.717, 1.165) is 16.8 Å². The minimum Gasteiger partial charge on any atom is -0.278 e. The summed E-state index contributed by atoms with van der Waals surface area (Å²) < 4.78 is 0. The van der Waals surface area contributed by atoms with E-state index in [1.54, 1.807) is 23.1 Å². The van der Waals surface area contributed by atoms with E-state index in [1.807, 2.05) is 54.6 Å². The zero-order valence-electron chi connectivity index (χ0n) is 12.6. The van der Waals surface area contributed by atoms with Gasteiger partial charge in [-0.3, -0.25) is 9.69 Å². The summed E-state index contributed by atoms with van der Waals surface area (Å²) in [4.78, 5) is 14.9. The summed E-state index contributed by atoms with van der Waals surface area (Å²) in [6.45, 7) is 0. The Labute approximate surface area is 150 Å². The van der Waals surface area contributed by atoms with Gasteiger partial charge in [0.2, 0.25) is 5.91 Å². The van der Waals surface area contributed by atoms with Crippen molar-refractivity contribution in [2.45, 2.75) is 5.92 Å². The van der Waals surface area contributed by atoms with E-state index in [4.69, 9.17) is 23.2 Å². The maximum Gasteiger partial charge on any atom is 0.243 e. The Hall–Kier alpha value is -2.29. The lowest BCUT2D eigenvalue weighted by Crippen LogP contribution is -2.24. The van der Waals surface area contributed by atoms with Gasteiger partial charge >= 0.3 is 0 Å². The zero-order valence-corrected chi connectivity index (χ0v) is 14.1. The number of amides is 1. The molecule has 3 aromatic carbocycles. The Morgan fingerprint density at radius 1 is 0.792 bits per heavy atom. The average Bonchev–Trinajstić information content (AvgIpc) is 2.88. The Morgan fingerprint density at radius 3 is 2.25 bits per heavy atom. The molecule has 4 rings (SSSR count). The summed E-state index contributed by atoms with van der Waals surface area (Å²) >= 11 is 12.4. The van der Waals surface area contributed by atoms with Gasteiger partial charge in [-0.2, -0.15) is 0 Å². The molecule has 1 atom stereocenters. The first-order valence-corrected chi connectivity index (χ1v) is 8.35. The van der Waals surface area contributed by atoms with E-state index in [0.29, 0.717) is 15.7 Å². The molecule has 3 aromatic rings. The largest absolute Gasteiger partial charge is 0.278 e. The van der Waals surface area contributed by atoms with Crippen molar-refractivity contribution in [3.8, 4) is 0 Å². The summed E-state index contributed by atoms with van der Waals surface area (Å²) in [6, 6.07) is 22.8. The molecule has 0 aromatic heterocycles. The summed E-state index contributed by atoms with van der Waals surface area (Å²) in [5, 5.41) is 1.00. The number of hydrogen-bond acceptors (Lipinski definition) is 1. The SMILES string of the molecule is O=C1C(c2ccccc2)c2ccccc2N1c1ccc(Cl)cc1Cl. The predicted molar refractivity (Wildman–Crippen MR) is 98.3 cm³/mol. The lowest BCUT2D eigenvalue weighted by molar-refractivity contribution is -0.117. The van der Waals surface area contributed by atoms with Crippen molar-refractivity contribution >= 4 is 40.5 Å². The van der Waals surface area contributed by atoms with Gasteiger partial charge in [0, 0.05) is 5.02 Å². The van der Waals surface area contributed by atoms with Crippen molar-refractivity contribution in [2.75, 3.05) is 4.90 Å². The molecule has 4 heteroatoms. The minimum absolute atomic E-state index is 0.00776. The Morgan fingerprint density at radius 2 is 1.50 bits per heavy atom. The van der Waals surface area contributed by atoms with Crippen LogP contribution in [0.15, 0.2) is 72.8 Å².